The first kappa shape index (κ1) is 36.5. The molecule has 0 saturated carbocycles. The fourth-order valence-corrected chi connectivity index (χ4v) is 5.49. The molecule has 0 heterocycles. The lowest BCUT2D eigenvalue weighted by Gasteiger charge is -2.19. The maximum absolute atomic E-state index is 12.6. The molecule has 0 spiro atoms. The molecule has 0 radical (unpaired) electrons. The van der Waals surface area contributed by atoms with Crippen molar-refractivity contribution < 1.29 is 9.53 Å². The molecule has 2 nitrogen and oxygen atoms in total. The average molecular weight is 523 g/mol. The van der Waals surface area contributed by atoms with Gasteiger partial charge in [-0.05, 0) is 25.2 Å². The molecule has 0 rings (SSSR count). The fraction of sp³-hybridized carbons (Fsp3) is 0.971. The van der Waals surface area contributed by atoms with Crippen molar-refractivity contribution in [3.8, 4) is 0 Å². The van der Waals surface area contributed by atoms with Crippen molar-refractivity contribution in [1.82, 2.24) is 0 Å². The van der Waals surface area contributed by atoms with E-state index in [4.69, 9.17) is 4.74 Å². The average Bonchev–Trinajstić information content (AvgIpc) is 2.90. The number of rotatable bonds is 30. The lowest BCUT2D eigenvalue weighted by Crippen LogP contribution is -2.20. The number of ether oxygens (including phenoxy) is 1. The first-order valence-electron chi connectivity index (χ1n) is 17.3. The molecule has 0 N–H and O–H groups in total. The first-order chi connectivity index (χ1) is 18.2. The third-order valence-electron chi connectivity index (χ3n) is 8.29. The van der Waals surface area contributed by atoms with Crippen molar-refractivity contribution >= 4 is 5.97 Å². The molecule has 0 aliphatic heterocycles. The van der Waals surface area contributed by atoms with Gasteiger partial charge in [0.05, 0.1) is 12.5 Å². The minimum Gasteiger partial charge on any atom is -0.465 e. The zero-order valence-corrected chi connectivity index (χ0v) is 26.3. The molecule has 0 amide bonds. The Kier molecular flexibility index (Phi) is 29.6. The summed E-state index contributed by atoms with van der Waals surface area (Å²) in [6.07, 6.45) is 36.0. The molecule has 0 fully saturated rings. The number of hydrogen-bond donors (Lipinski definition) is 0. The predicted molar refractivity (Wildman–Crippen MR) is 165 cm³/mol. The maximum atomic E-state index is 12.6. The van der Waals surface area contributed by atoms with Gasteiger partial charge in [0.1, 0.15) is 0 Å². The summed E-state index contributed by atoms with van der Waals surface area (Å²) in [4.78, 5) is 12.6. The van der Waals surface area contributed by atoms with E-state index in [9.17, 15) is 4.79 Å². The van der Waals surface area contributed by atoms with E-state index in [1.54, 1.807) is 0 Å². The molecule has 2 unspecified atom stereocenters. The van der Waals surface area contributed by atoms with Gasteiger partial charge in [-0.2, -0.15) is 0 Å². The molecule has 0 aliphatic rings. The van der Waals surface area contributed by atoms with Gasteiger partial charge in [-0.1, -0.05) is 182 Å². The highest BCUT2D eigenvalue weighted by Gasteiger charge is 2.17. The highest BCUT2D eigenvalue weighted by atomic mass is 16.5. The topological polar surface area (TPSA) is 26.3 Å². The quantitative estimate of drug-likeness (QED) is 0.0692. The van der Waals surface area contributed by atoms with Crippen LogP contribution >= 0.6 is 0 Å². The van der Waals surface area contributed by atoms with E-state index in [1.165, 1.54) is 167 Å². The third-order valence-corrected chi connectivity index (χ3v) is 8.29. The van der Waals surface area contributed by atoms with Crippen LogP contribution in [0.2, 0.25) is 0 Å². The molecular formula is C35H70O2. The van der Waals surface area contributed by atoms with Crippen LogP contribution in [-0.4, -0.2) is 12.6 Å². The molecule has 2 heteroatoms. The molecule has 0 saturated heterocycles. The van der Waals surface area contributed by atoms with Gasteiger partial charge in [0.2, 0.25) is 0 Å². The van der Waals surface area contributed by atoms with E-state index in [0.717, 1.165) is 6.42 Å². The van der Waals surface area contributed by atoms with E-state index in [-0.39, 0.29) is 11.9 Å². The number of hydrogen-bond acceptors (Lipinski definition) is 2. The van der Waals surface area contributed by atoms with Gasteiger partial charge in [-0.25, -0.2) is 0 Å². The molecule has 0 aliphatic carbocycles. The SMILES string of the molecule is CCCCCCCCCCCCC(CCCCCCCCC)COC(=O)C(C)CCCCCCCCC. The lowest BCUT2D eigenvalue weighted by atomic mass is 9.94. The van der Waals surface area contributed by atoms with E-state index in [0.29, 0.717) is 12.5 Å². The number of esters is 1. The van der Waals surface area contributed by atoms with Gasteiger partial charge in [-0.15, -0.1) is 0 Å². The Bertz CT molecular complexity index is 447. The zero-order valence-electron chi connectivity index (χ0n) is 26.3. The molecule has 2 atom stereocenters. The van der Waals surface area contributed by atoms with Gasteiger partial charge < -0.3 is 4.74 Å². The molecule has 0 bridgehead atoms. The summed E-state index contributed by atoms with van der Waals surface area (Å²) in [5.41, 5.74) is 0. The fourth-order valence-electron chi connectivity index (χ4n) is 5.49. The highest BCUT2D eigenvalue weighted by Crippen LogP contribution is 2.21. The summed E-state index contributed by atoms with van der Waals surface area (Å²) in [5.74, 6) is 0.685. The van der Waals surface area contributed by atoms with Gasteiger partial charge >= 0.3 is 5.97 Å². The molecule has 37 heavy (non-hydrogen) atoms. The van der Waals surface area contributed by atoms with Crippen LogP contribution in [0.25, 0.3) is 0 Å². The van der Waals surface area contributed by atoms with Crippen molar-refractivity contribution in [2.45, 2.75) is 201 Å². The Balaban J connectivity index is 4.13. The monoisotopic (exact) mass is 523 g/mol. The summed E-state index contributed by atoms with van der Waals surface area (Å²) >= 11 is 0. The normalized spacial score (nSPS) is 13.1. The Hall–Kier alpha value is -0.530. The smallest absolute Gasteiger partial charge is 0.308 e. The van der Waals surface area contributed by atoms with Gasteiger partial charge in [0.15, 0.2) is 0 Å². The predicted octanol–water partition coefficient (Wildman–Crippen LogP) is 12.4. The molecular weight excluding hydrogens is 452 g/mol. The van der Waals surface area contributed by atoms with Crippen molar-refractivity contribution in [3.63, 3.8) is 0 Å². The van der Waals surface area contributed by atoms with E-state index in [2.05, 4.69) is 27.7 Å². The van der Waals surface area contributed by atoms with Crippen molar-refractivity contribution in [1.29, 1.82) is 0 Å². The van der Waals surface area contributed by atoms with E-state index < -0.39 is 0 Å². The van der Waals surface area contributed by atoms with Crippen LogP contribution in [0, 0.1) is 11.8 Å². The van der Waals surface area contributed by atoms with E-state index in [1.807, 2.05) is 0 Å². The second-order valence-corrected chi connectivity index (χ2v) is 12.2. The zero-order chi connectivity index (χ0) is 27.2. The maximum Gasteiger partial charge on any atom is 0.308 e. The Morgan fingerprint density at radius 3 is 1.11 bits per heavy atom. The summed E-state index contributed by atoms with van der Waals surface area (Å²) in [6, 6.07) is 0. The van der Waals surface area contributed by atoms with Crippen LogP contribution in [-0.2, 0) is 9.53 Å². The second kappa shape index (κ2) is 30.0. The van der Waals surface area contributed by atoms with Crippen LogP contribution < -0.4 is 0 Å². The summed E-state index contributed by atoms with van der Waals surface area (Å²) in [6.45, 7) is 9.58. The Labute approximate surface area is 234 Å². The highest BCUT2D eigenvalue weighted by molar-refractivity contribution is 5.71. The van der Waals surface area contributed by atoms with Crippen molar-refractivity contribution in [3.05, 3.63) is 0 Å². The summed E-state index contributed by atoms with van der Waals surface area (Å²) in [5, 5.41) is 0. The van der Waals surface area contributed by atoms with Crippen molar-refractivity contribution in [2.24, 2.45) is 11.8 Å². The van der Waals surface area contributed by atoms with Crippen LogP contribution in [0.15, 0.2) is 0 Å². The number of carbonyl (C=O) groups is 1. The van der Waals surface area contributed by atoms with Crippen molar-refractivity contribution in [2.75, 3.05) is 6.61 Å². The third kappa shape index (κ3) is 26.8. The van der Waals surface area contributed by atoms with Crippen LogP contribution in [0.3, 0.4) is 0 Å². The minimum atomic E-state index is 0.0543. The van der Waals surface area contributed by atoms with Gasteiger partial charge in [-0.3, -0.25) is 4.79 Å². The summed E-state index contributed by atoms with van der Waals surface area (Å²) in [7, 11) is 0. The standard InChI is InChI=1S/C35H70O2/c1-5-8-11-14-17-18-19-22-25-28-31-34(30-27-24-21-16-13-10-7-3)32-37-35(36)33(4)29-26-23-20-15-12-9-6-2/h33-34H,5-32H2,1-4H3. The molecule has 222 valence electrons. The molecule has 0 aromatic carbocycles. The van der Waals surface area contributed by atoms with Crippen LogP contribution in [0.1, 0.15) is 201 Å². The largest absolute Gasteiger partial charge is 0.465 e. The van der Waals surface area contributed by atoms with Gasteiger partial charge in [0, 0.05) is 0 Å². The van der Waals surface area contributed by atoms with Crippen LogP contribution in [0.4, 0.5) is 0 Å². The van der Waals surface area contributed by atoms with E-state index >= 15 is 0 Å². The Morgan fingerprint density at radius 1 is 0.459 bits per heavy atom. The second-order valence-electron chi connectivity index (χ2n) is 12.2. The molecule has 0 aromatic rings. The Morgan fingerprint density at radius 2 is 0.757 bits per heavy atom. The summed E-state index contributed by atoms with van der Waals surface area (Å²) < 4.78 is 5.89. The van der Waals surface area contributed by atoms with Crippen LogP contribution in [0.5, 0.6) is 0 Å². The lowest BCUT2D eigenvalue weighted by molar-refractivity contribution is -0.149. The first-order valence-corrected chi connectivity index (χ1v) is 17.3. The number of unbranched alkanes of at least 4 members (excludes halogenated alkanes) is 21. The van der Waals surface area contributed by atoms with Gasteiger partial charge in [0.25, 0.3) is 0 Å². The molecule has 0 aromatic heterocycles. The minimum absolute atomic E-state index is 0.0543. The number of carbonyl (C=O) groups excluding carboxylic acids is 1.